The van der Waals surface area contributed by atoms with E-state index in [1.54, 1.807) is 6.92 Å². The Labute approximate surface area is 194 Å². The summed E-state index contributed by atoms with van der Waals surface area (Å²) in [5.74, 6) is -5.01. The summed E-state index contributed by atoms with van der Waals surface area (Å²) in [5, 5.41) is 32.3. The number of phenols is 2. The molecule has 1 atom stereocenters. The minimum absolute atomic E-state index is 0.0318. The van der Waals surface area contributed by atoms with Crippen LogP contribution < -0.4 is 5.32 Å². The Morgan fingerprint density at radius 2 is 1.68 bits per heavy atom. The zero-order valence-electron chi connectivity index (χ0n) is 18.5. The van der Waals surface area contributed by atoms with Gasteiger partial charge in [0, 0.05) is 30.9 Å². The van der Waals surface area contributed by atoms with Gasteiger partial charge in [-0.3, -0.25) is 19.2 Å². The Balaban J connectivity index is 2.12. The number of aromatic hydroxyl groups is 2. The first-order valence-corrected chi connectivity index (χ1v) is 10.5. The van der Waals surface area contributed by atoms with Crippen molar-refractivity contribution >= 4 is 29.4 Å². The first-order chi connectivity index (χ1) is 16.0. The maximum absolute atomic E-state index is 13.1. The second kappa shape index (κ2) is 9.34. The van der Waals surface area contributed by atoms with Crippen LogP contribution in [0.5, 0.6) is 11.5 Å². The van der Waals surface area contributed by atoms with Gasteiger partial charge in [-0.05, 0) is 37.1 Å². The number of phenolic OH excluding ortho intramolecular Hbond substituents is 2. The molecule has 1 amide bonds. The van der Waals surface area contributed by atoms with Crippen LogP contribution in [0, 0.1) is 0 Å². The molecule has 0 fully saturated rings. The molecule has 2 aromatic carbocycles. The molecule has 34 heavy (non-hydrogen) atoms. The fourth-order valence-corrected chi connectivity index (χ4v) is 4.14. The summed E-state index contributed by atoms with van der Waals surface area (Å²) in [6.45, 7) is 2.68. The molecule has 2 aromatic rings. The van der Waals surface area contributed by atoms with Crippen molar-refractivity contribution in [2.45, 2.75) is 38.6 Å². The molecule has 3 rings (SSSR count). The van der Waals surface area contributed by atoms with Crippen LogP contribution in [0.2, 0.25) is 0 Å². The normalized spacial score (nSPS) is 13.9. The smallest absolute Gasteiger partial charge is 0.332 e. The summed E-state index contributed by atoms with van der Waals surface area (Å²) in [4.78, 5) is 62.1. The first kappa shape index (κ1) is 24.4. The quantitative estimate of drug-likeness (QED) is 0.359. The molecule has 0 heterocycles. The molecule has 10 heteroatoms. The number of rotatable bonds is 8. The number of fused-ring (bicyclic) bond motifs is 2. The van der Waals surface area contributed by atoms with Crippen LogP contribution in [0.15, 0.2) is 30.3 Å². The lowest BCUT2D eigenvalue weighted by atomic mass is 9.80. The van der Waals surface area contributed by atoms with Crippen molar-refractivity contribution in [1.82, 2.24) is 5.32 Å². The minimum atomic E-state index is -1.79. The maximum atomic E-state index is 13.1. The van der Waals surface area contributed by atoms with Crippen LogP contribution in [0.1, 0.15) is 64.1 Å². The number of ketones is 2. The zero-order valence-corrected chi connectivity index (χ0v) is 18.5. The summed E-state index contributed by atoms with van der Waals surface area (Å²) >= 11 is 0. The van der Waals surface area contributed by atoms with Crippen LogP contribution in [0.25, 0.3) is 0 Å². The first-order valence-electron chi connectivity index (χ1n) is 10.5. The summed E-state index contributed by atoms with van der Waals surface area (Å²) in [6, 6.07) is 6.49. The molecular formula is C24H23NO9. The van der Waals surface area contributed by atoms with E-state index in [0.717, 1.165) is 13.0 Å². The maximum Gasteiger partial charge on any atom is 0.332 e. The third kappa shape index (κ3) is 4.47. The number of carbonyl (C=O) groups excluding carboxylic acids is 4. The van der Waals surface area contributed by atoms with Gasteiger partial charge >= 0.3 is 11.9 Å². The SMILES string of the molecule is CCOC(=O)C(CCC(=O)O)(Cc1cc(O)c2c(c1)C(=O)c1cccc(O)c1C2=O)NC(C)=O. The highest BCUT2D eigenvalue weighted by atomic mass is 16.5. The Hall–Kier alpha value is -4.21. The highest BCUT2D eigenvalue weighted by Gasteiger charge is 2.42. The number of hydrogen-bond donors (Lipinski definition) is 4. The number of esters is 1. The van der Waals surface area contributed by atoms with Crippen molar-refractivity contribution in [3.63, 3.8) is 0 Å². The van der Waals surface area contributed by atoms with Gasteiger partial charge in [-0.25, -0.2) is 4.79 Å². The van der Waals surface area contributed by atoms with Gasteiger partial charge in [0.2, 0.25) is 11.7 Å². The molecule has 4 N–H and O–H groups in total. The summed E-state index contributed by atoms with van der Waals surface area (Å²) in [7, 11) is 0. The molecule has 178 valence electrons. The van der Waals surface area contributed by atoms with E-state index in [4.69, 9.17) is 9.84 Å². The van der Waals surface area contributed by atoms with Gasteiger partial charge in [0.15, 0.2) is 5.78 Å². The molecule has 0 radical (unpaired) electrons. The molecule has 10 nitrogen and oxygen atoms in total. The van der Waals surface area contributed by atoms with Crippen LogP contribution in [0.3, 0.4) is 0 Å². The number of carbonyl (C=O) groups is 5. The van der Waals surface area contributed by atoms with Crippen molar-refractivity contribution in [2.24, 2.45) is 0 Å². The van der Waals surface area contributed by atoms with Gasteiger partial charge in [0.05, 0.1) is 17.7 Å². The van der Waals surface area contributed by atoms with Gasteiger partial charge in [-0.1, -0.05) is 12.1 Å². The standard InChI is InChI=1S/C24H23NO9/c1-3-34-23(33)24(25-12(2)26,8-7-18(29)30)11-13-9-15-20(17(28)10-13)22(32)19-14(21(15)31)5-4-6-16(19)27/h4-6,9-10,27-28H,3,7-8,11H2,1-2H3,(H,25,26)(H,29,30). The van der Waals surface area contributed by atoms with Gasteiger partial charge in [-0.15, -0.1) is 0 Å². The molecule has 0 spiro atoms. The Morgan fingerprint density at radius 1 is 1.00 bits per heavy atom. The molecule has 0 aromatic heterocycles. The summed E-state index contributed by atoms with van der Waals surface area (Å²) in [5.41, 5.74) is -2.31. The van der Waals surface area contributed by atoms with E-state index >= 15 is 0 Å². The Morgan fingerprint density at radius 3 is 2.29 bits per heavy atom. The fraction of sp³-hybridized carbons (Fsp3) is 0.292. The molecule has 0 saturated heterocycles. The lowest BCUT2D eigenvalue weighted by molar-refractivity contribution is -0.154. The van der Waals surface area contributed by atoms with Crippen LogP contribution in [-0.2, 0) is 25.5 Å². The van der Waals surface area contributed by atoms with E-state index in [1.807, 2.05) is 0 Å². The highest BCUT2D eigenvalue weighted by molar-refractivity contribution is 6.30. The average molecular weight is 469 g/mol. The van der Waals surface area contributed by atoms with E-state index in [1.165, 1.54) is 24.3 Å². The second-order valence-electron chi connectivity index (χ2n) is 7.95. The number of benzene rings is 2. The van der Waals surface area contributed by atoms with Crippen molar-refractivity contribution in [3.8, 4) is 11.5 Å². The highest BCUT2D eigenvalue weighted by Crippen LogP contribution is 2.38. The molecule has 0 bridgehead atoms. The molecule has 0 saturated carbocycles. The Kier molecular flexibility index (Phi) is 6.71. The monoisotopic (exact) mass is 469 g/mol. The van der Waals surface area contributed by atoms with E-state index in [-0.39, 0.29) is 47.3 Å². The number of nitrogens with one attached hydrogen (secondary N) is 1. The molecule has 0 aliphatic heterocycles. The molecule has 1 aliphatic rings. The van der Waals surface area contributed by atoms with E-state index in [2.05, 4.69) is 5.32 Å². The van der Waals surface area contributed by atoms with Gasteiger partial charge in [-0.2, -0.15) is 0 Å². The largest absolute Gasteiger partial charge is 0.507 e. The molecular weight excluding hydrogens is 446 g/mol. The Bertz CT molecular complexity index is 1220. The predicted octanol–water partition coefficient (Wildman–Crippen LogP) is 1.72. The predicted molar refractivity (Wildman–Crippen MR) is 117 cm³/mol. The topological polar surface area (TPSA) is 167 Å². The third-order valence-electron chi connectivity index (χ3n) is 5.52. The zero-order chi connectivity index (χ0) is 25.2. The number of amides is 1. The number of carboxylic acid groups (broad SMARTS) is 1. The van der Waals surface area contributed by atoms with Crippen LogP contribution in [0.4, 0.5) is 0 Å². The van der Waals surface area contributed by atoms with Crippen molar-refractivity contribution < 1.29 is 44.0 Å². The molecule has 1 unspecified atom stereocenters. The van der Waals surface area contributed by atoms with Crippen molar-refractivity contribution in [1.29, 1.82) is 0 Å². The van der Waals surface area contributed by atoms with Gasteiger partial charge < -0.3 is 25.4 Å². The third-order valence-corrected chi connectivity index (χ3v) is 5.52. The lowest BCUT2D eigenvalue weighted by Crippen LogP contribution is -2.56. The summed E-state index contributed by atoms with van der Waals surface area (Å²) < 4.78 is 5.10. The fourth-order valence-electron chi connectivity index (χ4n) is 4.14. The molecule has 1 aliphatic carbocycles. The lowest BCUT2D eigenvalue weighted by Gasteiger charge is -2.32. The summed E-state index contributed by atoms with van der Waals surface area (Å²) in [6.07, 6.45) is -1.10. The van der Waals surface area contributed by atoms with E-state index in [0.29, 0.717) is 0 Å². The van der Waals surface area contributed by atoms with Crippen LogP contribution in [-0.4, -0.2) is 56.9 Å². The number of ether oxygens (including phenoxy) is 1. The van der Waals surface area contributed by atoms with Crippen molar-refractivity contribution in [3.05, 3.63) is 58.1 Å². The second-order valence-corrected chi connectivity index (χ2v) is 7.95. The van der Waals surface area contributed by atoms with Crippen LogP contribution >= 0.6 is 0 Å². The van der Waals surface area contributed by atoms with Gasteiger partial charge in [0.1, 0.15) is 17.0 Å². The van der Waals surface area contributed by atoms with E-state index < -0.39 is 52.9 Å². The number of carboxylic acids is 1. The van der Waals surface area contributed by atoms with E-state index in [9.17, 15) is 34.2 Å². The minimum Gasteiger partial charge on any atom is -0.507 e. The van der Waals surface area contributed by atoms with Gasteiger partial charge in [0.25, 0.3) is 0 Å². The average Bonchev–Trinajstić information content (AvgIpc) is 2.75. The number of aliphatic carboxylic acids is 1. The number of hydrogen-bond acceptors (Lipinski definition) is 8. The van der Waals surface area contributed by atoms with Crippen molar-refractivity contribution in [2.75, 3.05) is 6.61 Å².